The first kappa shape index (κ1) is 20.8. The average Bonchev–Trinajstić information content (AvgIpc) is 3.11. The molecule has 0 unspecified atom stereocenters. The Bertz CT molecular complexity index is 1530. The molecule has 0 aliphatic carbocycles. The maximum Gasteiger partial charge on any atom is 0.428 e. The van der Waals surface area contributed by atoms with Crippen molar-refractivity contribution in [1.82, 2.24) is 24.7 Å². The molecule has 33 heavy (non-hydrogen) atoms. The summed E-state index contributed by atoms with van der Waals surface area (Å²) in [6.45, 7) is 1.93. The number of nitrogens with two attached hydrogens (primary N) is 1. The molecule has 0 saturated carbocycles. The predicted octanol–water partition coefficient (Wildman–Crippen LogP) is 3.17. The minimum Gasteiger partial charge on any atom is -0.319 e. The van der Waals surface area contributed by atoms with E-state index in [-0.39, 0.29) is 12.5 Å². The van der Waals surface area contributed by atoms with Gasteiger partial charge in [-0.25, -0.2) is 19.3 Å². The Morgan fingerprint density at radius 1 is 1.12 bits per heavy atom. The van der Waals surface area contributed by atoms with Gasteiger partial charge in [0, 0.05) is 11.3 Å². The van der Waals surface area contributed by atoms with Crippen molar-refractivity contribution in [3.8, 4) is 22.4 Å². The van der Waals surface area contributed by atoms with Crippen LogP contribution < -0.4 is 15.8 Å². The molecule has 0 radical (unpaired) electrons. The van der Waals surface area contributed by atoms with Gasteiger partial charge in [0.1, 0.15) is 23.2 Å². The number of aryl methyl sites for hydroxylation is 1. The van der Waals surface area contributed by atoms with Gasteiger partial charge < -0.3 is 5.73 Å². The smallest absolute Gasteiger partial charge is 0.319 e. The summed E-state index contributed by atoms with van der Waals surface area (Å²) in [7, 11) is 0. The van der Waals surface area contributed by atoms with Crippen LogP contribution >= 0.6 is 11.6 Å². The van der Waals surface area contributed by atoms with E-state index in [1.165, 1.54) is 21.2 Å². The zero-order valence-corrected chi connectivity index (χ0v) is 18.2. The maximum absolute atomic E-state index is 13.3. The van der Waals surface area contributed by atoms with E-state index in [0.29, 0.717) is 33.4 Å². The topological polar surface area (TPSA) is 107 Å². The second-order valence-electron chi connectivity index (χ2n) is 7.51. The highest BCUT2D eigenvalue weighted by atomic mass is 35.5. The van der Waals surface area contributed by atoms with Gasteiger partial charge in [-0.1, -0.05) is 41.9 Å². The second kappa shape index (κ2) is 8.10. The summed E-state index contributed by atoms with van der Waals surface area (Å²) in [5.74, 6) is -0.429. The van der Waals surface area contributed by atoms with Crippen LogP contribution in [-0.2, 0) is 6.54 Å². The lowest BCUT2D eigenvalue weighted by Crippen LogP contribution is -2.44. The van der Waals surface area contributed by atoms with Crippen molar-refractivity contribution in [3.63, 3.8) is 0 Å². The Labute approximate surface area is 192 Å². The number of H-pyrrole nitrogens is 1. The summed E-state index contributed by atoms with van der Waals surface area (Å²) >= 11 is 6.26. The summed E-state index contributed by atoms with van der Waals surface area (Å²) < 4.78 is 15.9. The lowest BCUT2D eigenvalue weighted by molar-refractivity contribution is -0.516. The molecule has 164 valence electrons. The third-order valence-corrected chi connectivity index (χ3v) is 5.38. The number of benzene rings is 1. The van der Waals surface area contributed by atoms with Gasteiger partial charge in [-0.2, -0.15) is 4.68 Å². The van der Waals surface area contributed by atoms with Crippen LogP contribution in [0.25, 0.3) is 28.0 Å². The summed E-state index contributed by atoms with van der Waals surface area (Å²) in [6, 6.07) is 15.9. The third kappa shape index (κ3) is 3.83. The van der Waals surface area contributed by atoms with Gasteiger partial charge in [-0.05, 0) is 36.8 Å². The van der Waals surface area contributed by atoms with Gasteiger partial charge in [0.2, 0.25) is 5.65 Å². The number of nitrogens with one attached hydrogen (secondary N) is 1. The minimum atomic E-state index is -0.453. The number of aromatic amines is 1. The Morgan fingerprint density at radius 3 is 2.61 bits per heavy atom. The number of nitrogen functional groups attached to an aromatic ring is 1. The van der Waals surface area contributed by atoms with E-state index >= 15 is 0 Å². The molecule has 5 aromatic rings. The molecule has 4 heterocycles. The van der Waals surface area contributed by atoms with Gasteiger partial charge in [0.05, 0.1) is 17.5 Å². The van der Waals surface area contributed by atoms with Crippen LogP contribution in [0.5, 0.6) is 0 Å². The molecular formula is C23H18ClFN7O+. The van der Waals surface area contributed by atoms with Gasteiger partial charge in [0.15, 0.2) is 0 Å². The minimum absolute atomic E-state index is 0.0246. The molecule has 0 bridgehead atoms. The van der Waals surface area contributed by atoms with Gasteiger partial charge in [-0.3, -0.25) is 4.98 Å². The molecule has 1 aromatic carbocycles. The van der Waals surface area contributed by atoms with Crippen molar-refractivity contribution < 1.29 is 8.79 Å². The van der Waals surface area contributed by atoms with E-state index in [1.54, 1.807) is 6.07 Å². The SMILES string of the molecule is Cc1cc(-c2c(-c3ccccc3)nc(N)[n+]3c(=O)n(Cc4ccc(F)cn4)[nH]c23)cc(Cl)n1. The summed E-state index contributed by atoms with van der Waals surface area (Å²) in [6.07, 6.45) is 1.10. The van der Waals surface area contributed by atoms with Crippen molar-refractivity contribution in [1.29, 1.82) is 0 Å². The van der Waals surface area contributed by atoms with E-state index in [0.717, 1.165) is 17.3 Å². The highest BCUT2D eigenvalue weighted by molar-refractivity contribution is 6.29. The lowest BCUT2D eigenvalue weighted by Gasteiger charge is -2.09. The third-order valence-electron chi connectivity index (χ3n) is 5.18. The molecule has 5 rings (SSSR count). The first-order valence-electron chi connectivity index (χ1n) is 10.0. The Balaban J connectivity index is 1.81. The second-order valence-corrected chi connectivity index (χ2v) is 7.90. The van der Waals surface area contributed by atoms with E-state index in [1.807, 2.05) is 43.3 Å². The van der Waals surface area contributed by atoms with Crippen molar-refractivity contribution >= 4 is 23.2 Å². The van der Waals surface area contributed by atoms with E-state index in [9.17, 15) is 9.18 Å². The van der Waals surface area contributed by atoms with Crippen molar-refractivity contribution in [3.05, 3.63) is 93.6 Å². The van der Waals surface area contributed by atoms with E-state index in [2.05, 4.69) is 20.1 Å². The number of hydrogen-bond donors (Lipinski definition) is 2. The summed E-state index contributed by atoms with van der Waals surface area (Å²) in [5.41, 5.74) is 10.2. The molecule has 0 amide bonds. The predicted molar refractivity (Wildman–Crippen MR) is 122 cm³/mol. The Hall–Kier alpha value is -4.11. The molecule has 0 spiro atoms. The fourth-order valence-corrected chi connectivity index (χ4v) is 4.03. The monoisotopic (exact) mass is 462 g/mol. The Morgan fingerprint density at radius 2 is 1.91 bits per heavy atom. The fraction of sp³-hybridized carbons (Fsp3) is 0.0870. The van der Waals surface area contributed by atoms with Crippen LogP contribution in [0.15, 0.2) is 65.6 Å². The average molecular weight is 463 g/mol. The summed E-state index contributed by atoms with van der Waals surface area (Å²) in [4.78, 5) is 26.1. The van der Waals surface area contributed by atoms with Crippen molar-refractivity contribution in [2.24, 2.45) is 0 Å². The molecule has 4 aromatic heterocycles. The highest BCUT2D eigenvalue weighted by Crippen LogP contribution is 2.33. The molecule has 3 N–H and O–H groups in total. The van der Waals surface area contributed by atoms with Crippen LogP contribution in [0.2, 0.25) is 5.15 Å². The van der Waals surface area contributed by atoms with E-state index in [4.69, 9.17) is 17.3 Å². The van der Waals surface area contributed by atoms with Gasteiger partial charge >= 0.3 is 11.6 Å². The molecule has 0 atom stereocenters. The van der Waals surface area contributed by atoms with Crippen LogP contribution in [0.4, 0.5) is 10.3 Å². The van der Waals surface area contributed by atoms with Crippen molar-refractivity contribution in [2.75, 3.05) is 5.73 Å². The number of hydrogen-bond acceptors (Lipinski definition) is 5. The first-order valence-corrected chi connectivity index (χ1v) is 10.4. The molecule has 10 heteroatoms. The number of aromatic nitrogens is 6. The number of halogens is 2. The van der Waals surface area contributed by atoms with Crippen LogP contribution in [0.1, 0.15) is 11.4 Å². The first-order chi connectivity index (χ1) is 15.9. The number of pyridine rings is 2. The van der Waals surface area contributed by atoms with Crippen LogP contribution in [0.3, 0.4) is 0 Å². The van der Waals surface area contributed by atoms with Crippen LogP contribution in [-0.4, -0.2) is 24.7 Å². The number of rotatable bonds is 4. The van der Waals surface area contributed by atoms with Crippen molar-refractivity contribution in [2.45, 2.75) is 13.5 Å². The molecule has 0 fully saturated rings. The number of fused-ring (bicyclic) bond motifs is 1. The molecular weight excluding hydrogens is 445 g/mol. The zero-order chi connectivity index (χ0) is 23.1. The molecule has 8 nitrogen and oxygen atoms in total. The standard InChI is InChI=1S/C23H17ClFN7O/c1-13-9-15(10-18(24)28-13)19-20(14-5-3-2-4-6-14)29-22(26)32-21(19)30-31(23(32)33)12-17-8-7-16(25)11-27-17/h2-11H,12H2,1H3,(H2,26,28,29,30)/p+1. The quantitative estimate of drug-likeness (QED) is 0.315. The number of anilines is 1. The fourth-order valence-electron chi connectivity index (χ4n) is 3.77. The normalized spacial score (nSPS) is 11.2. The summed E-state index contributed by atoms with van der Waals surface area (Å²) in [5, 5.41) is 3.45. The van der Waals surface area contributed by atoms with Gasteiger partial charge in [-0.15, -0.1) is 9.38 Å². The van der Waals surface area contributed by atoms with E-state index < -0.39 is 11.5 Å². The molecule has 0 aliphatic rings. The lowest BCUT2D eigenvalue weighted by atomic mass is 10.0. The van der Waals surface area contributed by atoms with Gasteiger partial charge in [0.25, 0.3) is 0 Å². The Kier molecular flexibility index (Phi) is 5.10. The van der Waals surface area contributed by atoms with Crippen LogP contribution in [0, 0.1) is 12.7 Å². The molecule has 0 aliphatic heterocycles. The molecule has 0 saturated heterocycles. The zero-order valence-electron chi connectivity index (χ0n) is 17.5. The highest BCUT2D eigenvalue weighted by Gasteiger charge is 2.26. The maximum atomic E-state index is 13.3. The number of nitrogens with zero attached hydrogens (tertiary/aromatic N) is 5. The largest absolute Gasteiger partial charge is 0.428 e.